The second kappa shape index (κ2) is 5.74. The van der Waals surface area contributed by atoms with Crippen molar-refractivity contribution in [3.63, 3.8) is 0 Å². The average Bonchev–Trinajstić information content (AvgIpc) is 2.41. The highest BCUT2D eigenvalue weighted by molar-refractivity contribution is 5.97. The molecule has 2 N–H and O–H groups in total. The maximum atomic E-state index is 13.2. The van der Waals surface area contributed by atoms with Crippen LogP contribution in [0.25, 0.3) is 0 Å². The van der Waals surface area contributed by atoms with Gasteiger partial charge in [-0.05, 0) is 43.2 Å². The van der Waals surface area contributed by atoms with E-state index < -0.39 is 0 Å². The number of phenolic OH excluding ortho intramolecular Hbond substituents is 1. The molecule has 0 radical (unpaired) electrons. The third-order valence-electron chi connectivity index (χ3n) is 3.18. The number of nitrogens with one attached hydrogen (secondary N) is 1. The number of aryl methyl sites for hydroxylation is 1. The fourth-order valence-electron chi connectivity index (χ4n) is 1.98. The molecule has 4 heteroatoms. The van der Waals surface area contributed by atoms with Gasteiger partial charge in [0.2, 0.25) is 0 Å². The number of amides is 1. The molecular weight excluding hydrogens is 257 g/mol. The van der Waals surface area contributed by atoms with Crippen LogP contribution < -0.4 is 5.32 Å². The number of phenols is 1. The molecule has 0 aliphatic carbocycles. The second-order valence-electron chi connectivity index (χ2n) is 4.72. The van der Waals surface area contributed by atoms with Crippen LogP contribution in [-0.4, -0.2) is 11.0 Å². The van der Waals surface area contributed by atoms with Crippen molar-refractivity contribution in [3.05, 3.63) is 65.0 Å². The van der Waals surface area contributed by atoms with Gasteiger partial charge in [0.15, 0.2) is 0 Å². The van der Waals surface area contributed by atoms with E-state index >= 15 is 0 Å². The van der Waals surface area contributed by atoms with Crippen molar-refractivity contribution >= 4 is 5.91 Å². The van der Waals surface area contributed by atoms with Crippen LogP contribution in [0.3, 0.4) is 0 Å². The van der Waals surface area contributed by atoms with Crippen molar-refractivity contribution in [1.29, 1.82) is 0 Å². The summed E-state index contributed by atoms with van der Waals surface area (Å²) in [6.07, 6.45) is 0. The fraction of sp³-hybridized carbons (Fsp3) is 0.188. The zero-order valence-corrected chi connectivity index (χ0v) is 11.4. The lowest BCUT2D eigenvalue weighted by Crippen LogP contribution is -2.26. The lowest BCUT2D eigenvalue weighted by molar-refractivity contribution is 0.0937. The Labute approximate surface area is 117 Å². The number of halogens is 1. The van der Waals surface area contributed by atoms with Crippen LogP contribution in [0.15, 0.2) is 42.5 Å². The van der Waals surface area contributed by atoms with Gasteiger partial charge >= 0.3 is 0 Å². The maximum absolute atomic E-state index is 13.2. The molecule has 0 bridgehead atoms. The van der Waals surface area contributed by atoms with Gasteiger partial charge in [-0.25, -0.2) is 4.39 Å². The Balaban J connectivity index is 2.17. The van der Waals surface area contributed by atoms with Gasteiger partial charge in [-0.15, -0.1) is 0 Å². The van der Waals surface area contributed by atoms with Crippen LogP contribution in [0, 0.1) is 12.7 Å². The predicted octanol–water partition coefficient (Wildman–Crippen LogP) is 3.33. The molecular formula is C16H16FNO2. The number of aromatic hydroxyl groups is 1. The Morgan fingerprint density at radius 3 is 2.65 bits per heavy atom. The molecule has 20 heavy (non-hydrogen) atoms. The molecule has 1 atom stereocenters. The third kappa shape index (κ3) is 2.96. The fourth-order valence-corrected chi connectivity index (χ4v) is 1.98. The zero-order chi connectivity index (χ0) is 14.7. The van der Waals surface area contributed by atoms with E-state index in [2.05, 4.69) is 5.32 Å². The van der Waals surface area contributed by atoms with Crippen LogP contribution in [0.4, 0.5) is 4.39 Å². The summed E-state index contributed by atoms with van der Waals surface area (Å²) in [5.74, 6) is -0.763. The number of benzene rings is 2. The van der Waals surface area contributed by atoms with Gasteiger partial charge in [-0.2, -0.15) is 0 Å². The van der Waals surface area contributed by atoms with E-state index in [1.165, 1.54) is 12.1 Å². The van der Waals surface area contributed by atoms with Gasteiger partial charge in [0.25, 0.3) is 5.91 Å². The highest BCUT2D eigenvalue weighted by atomic mass is 19.1. The lowest BCUT2D eigenvalue weighted by Gasteiger charge is -2.15. The number of para-hydroxylation sites is 1. The third-order valence-corrected chi connectivity index (χ3v) is 3.18. The molecule has 0 heterocycles. The number of hydrogen-bond donors (Lipinski definition) is 2. The van der Waals surface area contributed by atoms with Gasteiger partial charge in [0, 0.05) is 0 Å². The van der Waals surface area contributed by atoms with E-state index in [0.29, 0.717) is 11.1 Å². The van der Waals surface area contributed by atoms with Crippen LogP contribution in [-0.2, 0) is 0 Å². The van der Waals surface area contributed by atoms with E-state index in [9.17, 15) is 14.3 Å². The molecule has 0 spiro atoms. The summed E-state index contributed by atoms with van der Waals surface area (Å²) in [6.45, 7) is 3.49. The molecule has 0 aliphatic heterocycles. The summed E-state index contributed by atoms with van der Waals surface area (Å²) < 4.78 is 13.2. The van der Waals surface area contributed by atoms with Crippen LogP contribution >= 0.6 is 0 Å². The predicted molar refractivity (Wildman–Crippen MR) is 75.1 cm³/mol. The van der Waals surface area contributed by atoms with Crippen molar-refractivity contribution in [2.75, 3.05) is 0 Å². The van der Waals surface area contributed by atoms with Crippen molar-refractivity contribution < 1.29 is 14.3 Å². The Hall–Kier alpha value is -2.36. The summed E-state index contributed by atoms with van der Waals surface area (Å²) in [5.41, 5.74) is 1.52. The Kier molecular flexibility index (Phi) is 4.03. The number of carbonyl (C=O) groups excluding carboxylic acids is 1. The average molecular weight is 273 g/mol. The van der Waals surface area contributed by atoms with Gasteiger partial charge in [0.1, 0.15) is 11.6 Å². The molecule has 2 aromatic carbocycles. The topological polar surface area (TPSA) is 49.3 Å². The Bertz CT molecular complexity index is 640. The van der Waals surface area contributed by atoms with E-state index in [0.717, 1.165) is 0 Å². The van der Waals surface area contributed by atoms with Crippen LogP contribution in [0.1, 0.15) is 34.5 Å². The molecule has 1 amide bonds. The molecule has 2 rings (SSSR count). The van der Waals surface area contributed by atoms with Gasteiger partial charge in [0.05, 0.1) is 11.6 Å². The van der Waals surface area contributed by atoms with E-state index in [1.807, 2.05) is 0 Å². The summed E-state index contributed by atoms with van der Waals surface area (Å²) in [4.78, 5) is 12.1. The molecule has 0 saturated carbocycles. The molecule has 0 aromatic heterocycles. The molecule has 104 valence electrons. The minimum atomic E-state index is -0.386. The summed E-state index contributed by atoms with van der Waals surface area (Å²) >= 11 is 0. The molecule has 0 fully saturated rings. The van der Waals surface area contributed by atoms with Gasteiger partial charge in [-0.1, -0.05) is 24.3 Å². The minimum absolute atomic E-state index is 0.0311. The number of carbonyl (C=O) groups is 1. The normalized spacial score (nSPS) is 11.9. The first-order valence-electron chi connectivity index (χ1n) is 6.34. The lowest BCUT2D eigenvalue weighted by atomic mass is 10.1. The smallest absolute Gasteiger partial charge is 0.255 e. The highest BCUT2D eigenvalue weighted by Gasteiger charge is 2.15. The van der Waals surface area contributed by atoms with Gasteiger partial charge in [-0.3, -0.25) is 4.79 Å². The van der Waals surface area contributed by atoms with Crippen molar-refractivity contribution in [1.82, 2.24) is 5.32 Å². The van der Waals surface area contributed by atoms with E-state index in [1.54, 1.807) is 44.2 Å². The van der Waals surface area contributed by atoms with Crippen molar-refractivity contribution in [3.8, 4) is 5.75 Å². The van der Waals surface area contributed by atoms with Crippen molar-refractivity contribution in [2.45, 2.75) is 19.9 Å². The molecule has 1 unspecified atom stereocenters. The quantitative estimate of drug-likeness (QED) is 0.901. The maximum Gasteiger partial charge on any atom is 0.255 e. The molecule has 0 aliphatic rings. The summed E-state index contributed by atoms with van der Waals surface area (Å²) in [5, 5.41) is 12.6. The molecule has 2 aromatic rings. The van der Waals surface area contributed by atoms with Gasteiger partial charge < -0.3 is 10.4 Å². The molecule has 0 saturated heterocycles. The summed E-state index contributed by atoms with van der Waals surface area (Å²) in [6, 6.07) is 10.7. The first-order chi connectivity index (χ1) is 9.49. The highest BCUT2D eigenvalue weighted by Crippen LogP contribution is 2.22. The largest absolute Gasteiger partial charge is 0.507 e. The van der Waals surface area contributed by atoms with Crippen LogP contribution in [0.5, 0.6) is 5.75 Å². The first kappa shape index (κ1) is 14.1. The monoisotopic (exact) mass is 273 g/mol. The minimum Gasteiger partial charge on any atom is -0.507 e. The molecule has 3 nitrogen and oxygen atoms in total. The van der Waals surface area contributed by atoms with E-state index in [-0.39, 0.29) is 29.1 Å². The SMILES string of the molecule is Cc1cccc(C(=O)NC(C)c2cccc(F)c2)c1O. The van der Waals surface area contributed by atoms with E-state index in [4.69, 9.17) is 0 Å². The zero-order valence-electron chi connectivity index (χ0n) is 11.4. The second-order valence-corrected chi connectivity index (χ2v) is 4.72. The summed E-state index contributed by atoms with van der Waals surface area (Å²) in [7, 11) is 0. The Morgan fingerprint density at radius 1 is 1.25 bits per heavy atom. The van der Waals surface area contributed by atoms with Crippen molar-refractivity contribution in [2.24, 2.45) is 0 Å². The number of hydrogen-bond acceptors (Lipinski definition) is 2. The Morgan fingerprint density at radius 2 is 1.95 bits per heavy atom. The standard InChI is InChI=1S/C16H16FNO2/c1-10-5-3-8-14(15(10)19)16(20)18-11(2)12-6-4-7-13(17)9-12/h3-9,11,19H,1-2H3,(H,18,20). The van der Waals surface area contributed by atoms with Crippen LogP contribution in [0.2, 0.25) is 0 Å². The first-order valence-corrected chi connectivity index (χ1v) is 6.34. The number of rotatable bonds is 3.